The van der Waals surface area contributed by atoms with Gasteiger partial charge in [0.05, 0.1) is 5.69 Å². The van der Waals surface area contributed by atoms with Crippen molar-refractivity contribution in [2.45, 2.75) is 62.7 Å². The number of thiazole rings is 1. The van der Waals surface area contributed by atoms with Gasteiger partial charge in [0, 0.05) is 23.3 Å². The molecule has 3 heteroatoms. The van der Waals surface area contributed by atoms with Crippen LogP contribution in [0.3, 0.4) is 0 Å². The van der Waals surface area contributed by atoms with Crippen LogP contribution in [0.1, 0.15) is 68.0 Å². The molecule has 0 spiro atoms. The highest BCUT2D eigenvalue weighted by atomic mass is 32.1. The van der Waals surface area contributed by atoms with E-state index >= 15 is 0 Å². The Bertz CT molecular complexity index is 370. The normalized spacial score (nSPS) is 24.5. The summed E-state index contributed by atoms with van der Waals surface area (Å²) in [5.41, 5.74) is 7.58. The van der Waals surface area contributed by atoms with E-state index in [0.717, 1.165) is 12.5 Å². The topological polar surface area (TPSA) is 38.9 Å². The first-order chi connectivity index (χ1) is 8.34. The number of nitrogens with two attached hydrogens (primary N) is 1. The van der Waals surface area contributed by atoms with Crippen molar-refractivity contribution in [2.75, 3.05) is 6.54 Å². The maximum Gasteiger partial charge on any atom is 0.100 e. The molecule has 2 N–H and O–H groups in total. The molecule has 94 valence electrons. The van der Waals surface area contributed by atoms with Gasteiger partial charge in [0.25, 0.3) is 0 Å². The first-order valence-corrected chi connectivity index (χ1v) is 7.88. The predicted octanol–water partition coefficient (Wildman–Crippen LogP) is 3.57. The largest absolute Gasteiger partial charge is 0.329 e. The second-order valence-corrected chi connectivity index (χ2v) is 6.61. The molecule has 0 unspecified atom stereocenters. The van der Waals surface area contributed by atoms with Crippen LogP contribution in [-0.4, -0.2) is 11.5 Å². The highest BCUT2D eigenvalue weighted by Gasteiger charge is 2.40. The van der Waals surface area contributed by atoms with Crippen LogP contribution in [0.4, 0.5) is 0 Å². The zero-order chi connectivity index (χ0) is 11.7. The van der Waals surface area contributed by atoms with Gasteiger partial charge in [-0.25, -0.2) is 4.98 Å². The molecule has 2 aliphatic carbocycles. The lowest BCUT2D eigenvalue weighted by atomic mass is 9.69. The third kappa shape index (κ3) is 2.04. The van der Waals surface area contributed by atoms with Crippen LogP contribution in [0.25, 0.3) is 0 Å². The minimum Gasteiger partial charge on any atom is -0.329 e. The van der Waals surface area contributed by atoms with E-state index in [-0.39, 0.29) is 5.41 Å². The molecule has 2 nitrogen and oxygen atoms in total. The molecule has 17 heavy (non-hydrogen) atoms. The van der Waals surface area contributed by atoms with Crippen LogP contribution in [-0.2, 0) is 5.41 Å². The van der Waals surface area contributed by atoms with E-state index in [0.29, 0.717) is 0 Å². The molecule has 1 heterocycles. The van der Waals surface area contributed by atoms with Crippen LogP contribution in [0.15, 0.2) is 5.38 Å². The van der Waals surface area contributed by atoms with Crippen molar-refractivity contribution in [1.29, 1.82) is 0 Å². The van der Waals surface area contributed by atoms with Gasteiger partial charge in [-0.15, -0.1) is 11.3 Å². The van der Waals surface area contributed by atoms with E-state index in [9.17, 15) is 0 Å². The Morgan fingerprint density at radius 2 is 2.00 bits per heavy atom. The van der Waals surface area contributed by atoms with Gasteiger partial charge in [-0.05, 0) is 25.7 Å². The molecule has 2 fully saturated rings. The van der Waals surface area contributed by atoms with Crippen molar-refractivity contribution in [2.24, 2.45) is 5.73 Å². The summed E-state index contributed by atoms with van der Waals surface area (Å²) in [6.45, 7) is 0.782. The minimum atomic E-state index is 0.261. The summed E-state index contributed by atoms with van der Waals surface area (Å²) in [5, 5.41) is 3.63. The highest BCUT2D eigenvalue weighted by molar-refractivity contribution is 7.09. The number of hydrogen-bond donors (Lipinski definition) is 1. The third-order valence-electron chi connectivity index (χ3n) is 4.70. The average Bonchev–Trinajstić information content (AvgIpc) is 2.80. The zero-order valence-corrected chi connectivity index (χ0v) is 11.3. The summed E-state index contributed by atoms with van der Waals surface area (Å²) < 4.78 is 0. The monoisotopic (exact) mass is 250 g/mol. The lowest BCUT2D eigenvalue weighted by molar-refractivity contribution is 0.251. The second-order valence-electron chi connectivity index (χ2n) is 5.75. The Balaban J connectivity index is 1.77. The SMILES string of the molecule is NCC1(c2nc(C3CCCCC3)cs2)CCC1. The van der Waals surface area contributed by atoms with Crippen molar-refractivity contribution in [3.63, 3.8) is 0 Å². The molecule has 0 aromatic carbocycles. The molecule has 0 bridgehead atoms. The summed E-state index contributed by atoms with van der Waals surface area (Å²) in [7, 11) is 0. The Morgan fingerprint density at radius 3 is 2.59 bits per heavy atom. The second kappa shape index (κ2) is 4.69. The molecular formula is C14H22N2S. The number of rotatable bonds is 3. The van der Waals surface area contributed by atoms with E-state index in [1.165, 1.54) is 62.1 Å². The molecule has 1 aromatic heterocycles. The first kappa shape index (κ1) is 11.7. The Kier molecular flexibility index (Phi) is 3.22. The smallest absolute Gasteiger partial charge is 0.100 e. The van der Waals surface area contributed by atoms with Crippen molar-refractivity contribution in [3.8, 4) is 0 Å². The summed E-state index contributed by atoms with van der Waals surface area (Å²) in [6.07, 6.45) is 10.7. The van der Waals surface area contributed by atoms with Crippen molar-refractivity contribution in [3.05, 3.63) is 16.1 Å². The lowest BCUT2D eigenvalue weighted by Gasteiger charge is -2.39. The quantitative estimate of drug-likeness (QED) is 0.890. The van der Waals surface area contributed by atoms with E-state index in [1.54, 1.807) is 0 Å². The number of nitrogens with zero attached hydrogens (tertiary/aromatic N) is 1. The van der Waals surface area contributed by atoms with E-state index in [2.05, 4.69) is 5.38 Å². The number of aromatic nitrogens is 1. The summed E-state index contributed by atoms with van der Waals surface area (Å²) in [6, 6.07) is 0. The van der Waals surface area contributed by atoms with Gasteiger partial charge in [-0.2, -0.15) is 0 Å². The molecule has 0 amide bonds. The molecule has 2 aliphatic rings. The van der Waals surface area contributed by atoms with Crippen LogP contribution >= 0.6 is 11.3 Å². The van der Waals surface area contributed by atoms with Gasteiger partial charge in [-0.1, -0.05) is 25.7 Å². The van der Waals surface area contributed by atoms with E-state index in [4.69, 9.17) is 10.7 Å². The van der Waals surface area contributed by atoms with Crippen LogP contribution in [0.2, 0.25) is 0 Å². The summed E-state index contributed by atoms with van der Waals surface area (Å²) in [5.74, 6) is 0.739. The number of hydrogen-bond acceptors (Lipinski definition) is 3. The average molecular weight is 250 g/mol. The maximum absolute atomic E-state index is 5.96. The molecule has 0 radical (unpaired) electrons. The predicted molar refractivity (Wildman–Crippen MR) is 72.5 cm³/mol. The molecular weight excluding hydrogens is 228 g/mol. The maximum atomic E-state index is 5.96. The van der Waals surface area contributed by atoms with Crippen LogP contribution in [0, 0.1) is 0 Å². The van der Waals surface area contributed by atoms with E-state index in [1.807, 2.05) is 11.3 Å². The van der Waals surface area contributed by atoms with Gasteiger partial charge in [-0.3, -0.25) is 0 Å². The van der Waals surface area contributed by atoms with Crippen molar-refractivity contribution >= 4 is 11.3 Å². The van der Waals surface area contributed by atoms with Gasteiger partial charge >= 0.3 is 0 Å². The first-order valence-electron chi connectivity index (χ1n) is 7.00. The molecule has 0 aliphatic heterocycles. The molecule has 0 atom stereocenters. The fraction of sp³-hybridized carbons (Fsp3) is 0.786. The molecule has 2 saturated carbocycles. The molecule has 1 aromatic rings. The minimum absolute atomic E-state index is 0.261. The van der Waals surface area contributed by atoms with Crippen molar-refractivity contribution in [1.82, 2.24) is 4.98 Å². The van der Waals surface area contributed by atoms with Gasteiger partial charge < -0.3 is 5.73 Å². The lowest BCUT2D eigenvalue weighted by Crippen LogP contribution is -2.41. The third-order valence-corrected chi connectivity index (χ3v) is 5.81. The Labute approximate surface area is 108 Å². The fourth-order valence-corrected chi connectivity index (χ4v) is 4.40. The fourth-order valence-electron chi connectivity index (χ4n) is 3.22. The van der Waals surface area contributed by atoms with Crippen molar-refractivity contribution < 1.29 is 0 Å². The summed E-state index contributed by atoms with van der Waals surface area (Å²) in [4.78, 5) is 4.94. The molecule has 3 rings (SSSR count). The molecule has 0 saturated heterocycles. The summed E-state index contributed by atoms with van der Waals surface area (Å²) >= 11 is 1.86. The van der Waals surface area contributed by atoms with Gasteiger partial charge in [0.2, 0.25) is 0 Å². The van der Waals surface area contributed by atoms with Crippen LogP contribution in [0.5, 0.6) is 0 Å². The van der Waals surface area contributed by atoms with Crippen LogP contribution < -0.4 is 5.73 Å². The Morgan fingerprint density at radius 1 is 1.24 bits per heavy atom. The van der Waals surface area contributed by atoms with Gasteiger partial charge in [0.1, 0.15) is 5.01 Å². The standard InChI is InChI=1S/C14H22N2S/c15-10-14(7-4-8-14)13-16-12(9-17-13)11-5-2-1-3-6-11/h9,11H,1-8,10,15H2. The zero-order valence-electron chi connectivity index (χ0n) is 10.5. The van der Waals surface area contributed by atoms with E-state index < -0.39 is 0 Å². The van der Waals surface area contributed by atoms with Gasteiger partial charge in [0.15, 0.2) is 0 Å². The highest BCUT2D eigenvalue weighted by Crippen LogP contribution is 2.45. The Hall–Kier alpha value is -0.410.